The van der Waals surface area contributed by atoms with Crippen molar-refractivity contribution in [1.29, 1.82) is 0 Å². The normalized spacial score (nSPS) is 26.7. The number of benzene rings is 1. The summed E-state index contributed by atoms with van der Waals surface area (Å²) >= 11 is 0. The van der Waals surface area contributed by atoms with Crippen LogP contribution >= 0.6 is 0 Å². The molecular weight excluding hydrogens is 348 g/mol. The maximum absolute atomic E-state index is 12.8. The molecule has 0 saturated carbocycles. The van der Waals surface area contributed by atoms with Gasteiger partial charge in [-0.25, -0.2) is 0 Å². The molecule has 2 fully saturated rings. The number of aliphatic carboxylic acids is 1. The van der Waals surface area contributed by atoms with E-state index in [9.17, 15) is 19.5 Å². The third-order valence-corrected chi connectivity index (χ3v) is 5.02. The Morgan fingerprint density at radius 3 is 2.52 bits per heavy atom. The quantitative estimate of drug-likeness (QED) is 0.553. The Morgan fingerprint density at radius 2 is 1.93 bits per heavy atom. The van der Waals surface area contributed by atoms with Crippen LogP contribution in [0, 0.1) is 24.2 Å². The lowest BCUT2D eigenvalue weighted by Gasteiger charge is -2.21. The average Bonchev–Trinajstić information content (AvgIpc) is 3.17. The number of nitrogens with zero attached hydrogens (tertiary/aromatic N) is 1. The van der Waals surface area contributed by atoms with E-state index in [2.05, 4.69) is 11.2 Å². The molecule has 0 aliphatic carbocycles. The van der Waals surface area contributed by atoms with E-state index in [4.69, 9.17) is 11.2 Å². The molecule has 2 N–H and O–H groups in total. The SMILES string of the molecule is C#CCCN1C(=O)C2C(C(=O)O)NC(c3ccc(OCCC)cc3)C2C1=O. The van der Waals surface area contributed by atoms with Gasteiger partial charge in [-0.2, -0.15) is 0 Å². The van der Waals surface area contributed by atoms with Gasteiger partial charge in [-0.3, -0.25) is 24.6 Å². The second-order valence-corrected chi connectivity index (χ2v) is 6.71. The van der Waals surface area contributed by atoms with Gasteiger partial charge in [-0.05, 0) is 24.1 Å². The van der Waals surface area contributed by atoms with Crippen LogP contribution in [-0.2, 0) is 14.4 Å². The molecule has 2 saturated heterocycles. The third-order valence-electron chi connectivity index (χ3n) is 5.02. The fourth-order valence-corrected chi connectivity index (χ4v) is 3.79. The number of terminal acetylenes is 1. The third kappa shape index (κ3) is 3.40. The Bertz CT molecular complexity index is 783. The maximum atomic E-state index is 12.8. The fraction of sp³-hybridized carbons (Fsp3) is 0.450. The number of carboxylic acid groups (broad SMARTS) is 1. The molecule has 0 radical (unpaired) electrons. The minimum atomic E-state index is -1.14. The van der Waals surface area contributed by atoms with Gasteiger partial charge in [0.05, 0.1) is 18.4 Å². The van der Waals surface area contributed by atoms with Gasteiger partial charge in [0.15, 0.2) is 0 Å². The predicted molar refractivity (Wildman–Crippen MR) is 96.7 cm³/mol. The first-order valence-electron chi connectivity index (χ1n) is 8.99. The van der Waals surface area contributed by atoms with Crippen LogP contribution in [0.25, 0.3) is 0 Å². The molecule has 7 heteroatoms. The first-order chi connectivity index (χ1) is 13.0. The molecule has 0 bridgehead atoms. The van der Waals surface area contributed by atoms with Crippen molar-refractivity contribution >= 4 is 17.8 Å². The molecule has 2 amide bonds. The van der Waals surface area contributed by atoms with Crippen molar-refractivity contribution in [3.63, 3.8) is 0 Å². The van der Waals surface area contributed by atoms with Gasteiger partial charge < -0.3 is 9.84 Å². The van der Waals surface area contributed by atoms with Gasteiger partial charge in [0.2, 0.25) is 11.8 Å². The van der Waals surface area contributed by atoms with Crippen LogP contribution in [0.3, 0.4) is 0 Å². The van der Waals surface area contributed by atoms with Crippen LogP contribution in [0.4, 0.5) is 0 Å². The number of carbonyl (C=O) groups excluding carboxylic acids is 2. The van der Waals surface area contributed by atoms with Crippen molar-refractivity contribution in [1.82, 2.24) is 10.2 Å². The summed E-state index contributed by atoms with van der Waals surface area (Å²) in [5.41, 5.74) is 0.748. The predicted octanol–water partition coefficient (Wildman–Crippen LogP) is 1.20. The summed E-state index contributed by atoms with van der Waals surface area (Å²) in [5, 5.41) is 12.5. The van der Waals surface area contributed by atoms with E-state index in [1.807, 2.05) is 6.92 Å². The molecule has 0 aromatic heterocycles. The Labute approximate surface area is 157 Å². The first-order valence-corrected chi connectivity index (χ1v) is 8.99. The van der Waals surface area contributed by atoms with Gasteiger partial charge in [0, 0.05) is 19.0 Å². The molecule has 4 atom stereocenters. The molecule has 2 aliphatic heterocycles. The van der Waals surface area contributed by atoms with Crippen LogP contribution < -0.4 is 10.1 Å². The highest BCUT2D eigenvalue weighted by Gasteiger charge is 2.60. The number of carbonyl (C=O) groups is 3. The summed E-state index contributed by atoms with van der Waals surface area (Å²) in [6.45, 7) is 2.73. The number of rotatable bonds is 7. The second-order valence-electron chi connectivity index (χ2n) is 6.71. The van der Waals surface area contributed by atoms with Crippen molar-refractivity contribution in [3.8, 4) is 18.1 Å². The smallest absolute Gasteiger partial charge is 0.321 e. The summed E-state index contributed by atoms with van der Waals surface area (Å²) in [5.74, 6) is -0.539. The summed E-state index contributed by atoms with van der Waals surface area (Å²) in [6.07, 6.45) is 6.37. The highest BCUT2D eigenvalue weighted by molar-refractivity contribution is 6.08. The zero-order valence-electron chi connectivity index (χ0n) is 15.1. The lowest BCUT2D eigenvalue weighted by atomic mass is 9.86. The van der Waals surface area contributed by atoms with E-state index in [1.54, 1.807) is 24.3 Å². The molecule has 2 heterocycles. The number of ether oxygens (including phenoxy) is 1. The van der Waals surface area contributed by atoms with Crippen molar-refractivity contribution in [2.45, 2.75) is 31.8 Å². The Hall–Kier alpha value is -2.85. The van der Waals surface area contributed by atoms with E-state index in [-0.39, 0.29) is 18.9 Å². The van der Waals surface area contributed by atoms with E-state index in [1.165, 1.54) is 0 Å². The molecule has 0 spiro atoms. The topological polar surface area (TPSA) is 95.9 Å². The van der Waals surface area contributed by atoms with Crippen molar-refractivity contribution in [2.24, 2.45) is 11.8 Å². The number of hydrogen-bond donors (Lipinski definition) is 2. The Morgan fingerprint density at radius 1 is 1.26 bits per heavy atom. The molecule has 142 valence electrons. The van der Waals surface area contributed by atoms with Crippen LogP contribution in [0.15, 0.2) is 24.3 Å². The number of fused-ring (bicyclic) bond motifs is 1. The number of nitrogens with one attached hydrogen (secondary N) is 1. The number of hydrogen-bond acceptors (Lipinski definition) is 5. The molecule has 4 unspecified atom stereocenters. The zero-order chi connectivity index (χ0) is 19.6. The number of amides is 2. The molecule has 1 aromatic rings. The van der Waals surface area contributed by atoms with Gasteiger partial charge in [-0.1, -0.05) is 19.1 Å². The van der Waals surface area contributed by atoms with Crippen LogP contribution in [0.5, 0.6) is 5.75 Å². The molecule has 1 aromatic carbocycles. The average molecular weight is 370 g/mol. The van der Waals surface area contributed by atoms with E-state index in [0.29, 0.717) is 12.4 Å². The van der Waals surface area contributed by atoms with Gasteiger partial charge in [0.1, 0.15) is 11.8 Å². The maximum Gasteiger partial charge on any atom is 0.321 e. The number of likely N-dealkylation sites (tertiary alicyclic amines) is 1. The summed E-state index contributed by atoms with van der Waals surface area (Å²) < 4.78 is 5.56. The van der Waals surface area contributed by atoms with Crippen molar-refractivity contribution in [3.05, 3.63) is 29.8 Å². The van der Waals surface area contributed by atoms with E-state index in [0.717, 1.165) is 16.9 Å². The highest BCUT2D eigenvalue weighted by atomic mass is 16.5. The number of imide groups is 1. The van der Waals surface area contributed by atoms with Gasteiger partial charge in [-0.15, -0.1) is 12.3 Å². The van der Waals surface area contributed by atoms with Gasteiger partial charge in [0.25, 0.3) is 0 Å². The Kier molecular flexibility index (Phi) is 5.47. The minimum Gasteiger partial charge on any atom is -0.494 e. The largest absolute Gasteiger partial charge is 0.494 e. The summed E-state index contributed by atoms with van der Waals surface area (Å²) in [4.78, 5) is 38.3. The molecule has 3 rings (SSSR count). The molecule has 27 heavy (non-hydrogen) atoms. The lowest BCUT2D eigenvalue weighted by Crippen LogP contribution is -2.43. The zero-order valence-corrected chi connectivity index (χ0v) is 15.1. The molecule has 7 nitrogen and oxygen atoms in total. The Balaban J connectivity index is 1.88. The number of carboxylic acids is 1. The fourth-order valence-electron chi connectivity index (χ4n) is 3.79. The second kappa shape index (κ2) is 7.80. The molecular formula is C20H22N2O5. The minimum absolute atomic E-state index is 0.115. The summed E-state index contributed by atoms with van der Waals surface area (Å²) in [6, 6.07) is 5.50. The van der Waals surface area contributed by atoms with Crippen molar-refractivity contribution < 1.29 is 24.2 Å². The van der Waals surface area contributed by atoms with Crippen LogP contribution in [-0.4, -0.2) is 47.0 Å². The van der Waals surface area contributed by atoms with Gasteiger partial charge >= 0.3 is 5.97 Å². The summed E-state index contributed by atoms with van der Waals surface area (Å²) in [7, 11) is 0. The standard InChI is InChI=1S/C20H22N2O5/c1-3-5-10-22-18(23)14-15(19(22)24)17(20(25)26)21-16(14)12-6-8-13(9-7-12)27-11-4-2/h1,6-9,14-17,21H,4-5,10-11H2,2H3,(H,25,26). The van der Waals surface area contributed by atoms with Crippen LogP contribution in [0.2, 0.25) is 0 Å². The van der Waals surface area contributed by atoms with Crippen LogP contribution in [0.1, 0.15) is 31.4 Å². The monoisotopic (exact) mass is 370 g/mol. The van der Waals surface area contributed by atoms with E-state index < -0.39 is 35.8 Å². The highest BCUT2D eigenvalue weighted by Crippen LogP contribution is 2.44. The van der Waals surface area contributed by atoms with E-state index >= 15 is 0 Å². The lowest BCUT2D eigenvalue weighted by molar-refractivity contribution is -0.146. The van der Waals surface area contributed by atoms with Crippen molar-refractivity contribution in [2.75, 3.05) is 13.2 Å². The first kappa shape index (κ1) is 18.9. The molecule has 2 aliphatic rings.